The lowest BCUT2D eigenvalue weighted by Gasteiger charge is -2.33. The second-order valence-corrected chi connectivity index (χ2v) is 5.94. The Morgan fingerprint density at radius 2 is 2.18 bits per heavy atom. The van der Waals surface area contributed by atoms with Crippen LogP contribution < -0.4 is 15.8 Å². The molecule has 1 atom stereocenters. The topological polar surface area (TPSA) is 55.1 Å². The minimum atomic E-state index is -0.0226. The third-order valence-electron chi connectivity index (χ3n) is 4.34. The van der Waals surface area contributed by atoms with Gasteiger partial charge in [-0.3, -0.25) is 4.79 Å². The second-order valence-electron chi connectivity index (χ2n) is 5.94. The summed E-state index contributed by atoms with van der Waals surface area (Å²) in [6, 6.07) is 4.57. The molecule has 1 fully saturated rings. The van der Waals surface area contributed by atoms with Crippen LogP contribution in [0, 0.1) is 0 Å². The number of nitrogens with one attached hydrogen (secondary N) is 1. The molecule has 2 aromatic rings. The van der Waals surface area contributed by atoms with Gasteiger partial charge in [0.25, 0.3) is 5.56 Å². The minimum Gasteiger partial charge on any atom is -0.353 e. The Morgan fingerprint density at radius 1 is 1.32 bits per heavy atom. The fourth-order valence-electron chi connectivity index (χ4n) is 2.97. The summed E-state index contributed by atoms with van der Waals surface area (Å²) < 4.78 is 3.71. The van der Waals surface area contributed by atoms with E-state index in [2.05, 4.69) is 45.1 Å². The van der Waals surface area contributed by atoms with Crippen molar-refractivity contribution in [2.45, 2.75) is 25.4 Å². The molecule has 0 radical (unpaired) electrons. The molecule has 1 aliphatic rings. The van der Waals surface area contributed by atoms with Crippen LogP contribution in [0.1, 0.15) is 18.5 Å². The van der Waals surface area contributed by atoms with Gasteiger partial charge in [0, 0.05) is 64.1 Å². The summed E-state index contributed by atoms with van der Waals surface area (Å²) >= 11 is 0. The van der Waals surface area contributed by atoms with Crippen LogP contribution in [-0.4, -0.2) is 33.2 Å². The molecule has 0 bridgehead atoms. The Kier molecular flexibility index (Phi) is 4.29. The molecular formula is C16H23N5O. The molecule has 22 heavy (non-hydrogen) atoms. The fourth-order valence-corrected chi connectivity index (χ4v) is 2.97. The Bertz CT molecular complexity index is 690. The summed E-state index contributed by atoms with van der Waals surface area (Å²) in [6.45, 7) is 2.58. The van der Waals surface area contributed by atoms with Crippen molar-refractivity contribution in [3.8, 4) is 0 Å². The van der Waals surface area contributed by atoms with Gasteiger partial charge in [0.15, 0.2) is 5.82 Å². The highest BCUT2D eigenvalue weighted by atomic mass is 16.1. The summed E-state index contributed by atoms with van der Waals surface area (Å²) in [6.07, 6.45) is 7.65. The molecule has 0 saturated carbocycles. The molecule has 0 aliphatic carbocycles. The lowest BCUT2D eigenvalue weighted by Crippen LogP contribution is -2.47. The van der Waals surface area contributed by atoms with Gasteiger partial charge in [0.1, 0.15) is 0 Å². The number of hydrogen-bond acceptors (Lipinski definition) is 4. The van der Waals surface area contributed by atoms with E-state index in [9.17, 15) is 4.79 Å². The number of anilines is 1. The lowest BCUT2D eigenvalue weighted by molar-refractivity contribution is 0.415. The quantitative estimate of drug-likeness (QED) is 0.911. The van der Waals surface area contributed by atoms with Crippen molar-refractivity contribution in [3.05, 3.63) is 46.8 Å². The van der Waals surface area contributed by atoms with Crippen LogP contribution in [0.3, 0.4) is 0 Å². The van der Waals surface area contributed by atoms with E-state index in [-0.39, 0.29) is 5.56 Å². The Morgan fingerprint density at radius 3 is 2.95 bits per heavy atom. The highest BCUT2D eigenvalue weighted by molar-refractivity contribution is 5.36. The van der Waals surface area contributed by atoms with Gasteiger partial charge in [-0.15, -0.1) is 0 Å². The molecule has 1 unspecified atom stereocenters. The van der Waals surface area contributed by atoms with E-state index < -0.39 is 0 Å². The first-order chi connectivity index (χ1) is 10.6. The van der Waals surface area contributed by atoms with E-state index >= 15 is 0 Å². The molecule has 0 amide bonds. The highest BCUT2D eigenvalue weighted by Crippen LogP contribution is 2.15. The SMILES string of the molecule is Cn1cccc1CNC1CCCN(c2nccn(C)c2=O)C1. The predicted octanol–water partition coefficient (Wildman–Crippen LogP) is 0.877. The Hall–Kier alpha value is -2.08. The zero-order chi connectivity index (χ0) is 15.5. The average molecular weight is 301 g/mol. The molecule has 6 heteroatoms. The molecule has 1 saturated heterocycles. The zero-order valence-electron chi connectivity index (χ0n) is 13.2. The maximum absolute atomic E-state index is 12.2. The number of rotatable bonds is 4. The van der Waals surface area contributed by atoms with Gasteiger partial charge in [-0.05, 0) is 25.0 Å². The van der Waals surface area contributed by atoms with Crippen LogP contribution >= 0.6 is 0 Å². The van der Waals surface area contributed by atoms with Crippen molar-refractivity contribution < 1.29 is 0 Å². The van der Waals surface area contributed by atoms with Gasteiger partial charge in [-0.1, -0.05) is 0 Å². The van der Waals surface area contributed by atoms with Crippen LogP contribution in [0.25, 0.3) is 0 Å². The Balaban J connectivity index is 1.65. The molecule has 1 aliphatic heterocycles. The molecule has 0 aromatic carbocycles. The van der Waals surface area contributed by atoms with E-state index in [1.165, 1.54) is 5.69 Å². The smallest absolute Gasteiger partial charge is 0.293 e. The lowest BCUT2D eigenvalue weighted by atomic mass is 10.1. The average Bonchev–Trinajstić information content (AvgIpc) is 2.93. The number of piperidine rings is 1. The normalized spacial score (nSPS) is 18.6. The molecule has 2 aromatic heterocycles. The molecule has 3 heterocycles. The molecule has 0 spiro atoms. The van der Waals surface area contributed by atoms with Gasteiger partial charge in [0.2, 0.25) is 0 Å². The number of nitrogens with zero attached hydrogens (tertiary/aromatic N) is 4. The fraction of sp³-hybridized carbons (Fsp3) is 0.500. The highest BCUT2D eigenvalue weighted by Gasteiger charge is 2.22. The van der Waals surface area contributed by atoms with Gasteiger partial charge in [0.05, 0.1) is 0 Å². The van der Waals surface area contributed by atoms with Gasteiger partial charge in [-0.2, -0.15) is 0 Å². The van der Waals surface area contributed by atoms with Gasteiger partial charge < -0.3 is 19.4 Å². The zero-order valence-corrected chi connectivity index (χ0v) is 13.2. The third-order valence-corrected chi connectivity index (χ3v) is 4.34. The molecular weight excluding hydrogens is 278 g/mol. The number of aromatic nitrogens is 3. The van der Waals surface area contributed by atoms with Crippen molar-refractivity contribution in [2.24, 2.45) is 14.1 Å². The predicted molar refractivity (Wildman–Crippen MR) is 87.0 cm³/mol. The summed E-state index contributed by atoms with van der Waals surface area (Å²) in [4.78, 5) is 18.6. The Labute approximate surface area is 130 Å². The minimum absolute atomic E-state index is 0.0226. The van der Waals surface area contributed by atoms with E-state index in [1.54, 1.807) is 24.0 Å². The van der Waals surface area contributed by atoms with Gasteiger partial charge >= 0.3 is 0 Å². The van der Waals surface area contributed by atoms with Crippen molar-refractivity contribution in [1.29, 1.82) is 0 Å². The van der Waals surface area contributed by atoms with E-state index in [0.717, 1.165) is 32.5 Å². The standard InChI is InChI=1S/C16H23N5O/c1-19-8-4-6-14(19)11-18-13-5-3-9-21(12-13)15-16(22)20(2)10-7-17-15/h4,6-8,10,13,18H,3,5,9,11-12H2,1-2H3. The monoisotopic (exact) mass is 301 g/mol. The third kappa shape index (κ3) is 3.06. The molecule has 118 valence electrons. The van der Waals surface area contributed by atoms with Crippen LogP contribution in [0.5, 0.6) is 0 Å². The van der Waals surface area contributed by atoms with Crippen molar-refractivity contribution >= 4 is 5.82 Å². The van der Waals surface area contributed by atoms with Crippen LogP contribution in [0.2, 0.25) is 0 Å². The number of hydrogen-bond donors (Lipinski definition) is 1. The summed E-state index contributed by atoms with van der Waals surface area (Å²) in [7, 11) is 3.82. The first-order valence-corrected chi connectivity index (χ1v) is 7.75. The number of aryl methyl sites for hydroxylation is 2. The summed E-state index contributed by atoms with van der Waals surface area (Å²) in [5.74, 6) is 0.565. The maximum Gasteiger partial charge on any atom is 0.293 e. The van der Waals surface area contributed by atoms with Gasteiger partial charge in [-0.25, -0.2) is 4.98 Å². The van der Waals surface area contributed by atoms with E-state index in [1.807, 2.05) is 0 Å². The van der Waals surface area contributed by atoms with Crippen molar-refractivity contribution in [3.63, 3.8) is 0 Å². The second kappa shape index (κ2) is 6.36. The molecule has 1 N–H and O–H groups in total. The molecule has 6 nitrogen and oxygen atoms in total. The summed E-state index contributed by atoms with van der Waals surface area (Å²) in [5.41, 5.74) is 1.25. The van der Waals surface area contributed by atoms with Crippen LogP contribution in [0.15, 0.2) is 35.5 Å². The first kappa shape index (κ1) is 14.8. The maximum atomic E-state index is 12.2. The van der Waals surface area contributed by atoms with Crippen LogP contribution in [0.4, 0.5) is 5.82 Å². The molecule has 3 rings (SSSR count). The first-order valence-electron chi connectivity index (χ1n) is 7.75. The van der Waals surface area contributed by atoms with Crippen LogP contribution in [-0.2, 0) is 20.6 Å². The summed E-state index contributed by atoms with van der Waals surface area (Å²) in [5, 5.41) is 3.60. The largest absolute Gasteiger partial charge is 0.353 e. The van der Waals surface area contributed by atoms with E-state index in [4.69, 9.17) is 0 Å². The van der Waals surface area contributed by atoms with E-state index in [0.29, 0.717) is 11.9 Å². The van der Waals surface area contributed by atoms with Crippen molar-refractivity contribution in [1.82, 2.24) is 19.4 Å². The van der Waals surface area contributed by atoms with Crippen molar-refractivity contribution in [2.75, 3.05) is 18.0 Å².